The number of halogens is 1. The van der Waals surface area contributed by atoms with E-state index >= 15 is 0 Å². The summed E-state index contributed by atoms with van der Waals surface area (Å²) >= 11 is 0. The highest BCUT2D eigenvalue weighted by atomic mass is 35.5. The summed E-state index contributed by atoms with van der Waals surface area (Å²) in [5.41, 5.74) is 0. The van der Waals surface area contributed by atoms with Crippen LogP contribution in [0, 0.1) is 17.8 Å². The van der Waals surface area contributed by atoms with E-state index in [4.69, 9.17) is 5.11 Å². The number of hydrogen-bond donors (Lipinski definition) is 2. The summed E-state index contributed by atoms with van der Waals surface area (Å²) in [4.78, 5) is 10.8. The van der Waals surface area contributed by atoms with Crippen molar-refractivity contribution in [3.63, 3.8) is 0 Å². The lowest BCUT2D eigenvalue weighted by Crippen LogP contribution is -2.37. The van der Waals surface area contributed by atoms with Crippen LogP contribution in [0.25, 0.3) is 0 Å². The van der Waals surface area contributed by atoms with Gasteiger partial charge >= 0.3 is 5.97 Å². The number of carbonyl (C=O) groups is 1. The minimum atomic E-state index is -0.579. The summed E-state index contributed by atoms with van der Waals surface area (Å²) in [6, 6.07) is 0. The van der Waals surface area contributed by atoms with Crippen LogP contribution >= 0.6 is 12.4 Å². The van der Waals surface area contributed by atoms with Crippen molar-refractivity contribution in [3.8, 4) is 0 Å². The third kappa shape index (κ3) is 1.97. The molecule has 76 valence electrons. The molecule has 1 saturated heterocycles. The molecule has 2 fully saturated rings. The topological polar surface area (TPSA) is 49.3 Å². The Balaban J connectivity index is 0.000000845. The molecule has 0 amide bonds. The van der Waals surface area contributed by atoms with Crippen LogP contribution < -0.4 is 5.32 Å². The van der Waals surface area contributed by atoms with Gasteiger partial charge in [-0.2, -0.15) is 0 Å². The molecule has 1 aliphatic carbocycles. The largest absolute Gasteiger partial charge is 0.481 e. The zero-order valence-electron chi connectivity index (χ0n) is 7.53. The molecule has 3 atom stereocenters. The van der Waals surface area contributed by atoms with Crippen LogP contribution in [0.4, 0.5) is 0 Å². The second-order valence-electron chi connectivity index (χ2n) is 3.94. The molecule has 0 aromatic carbocycles. The summed E-state index contributed by atoms with van der Waals surface area (Å²) in [7, 11) is 0. The minimum Gasteiger partial charge on any atom is -0.481 e. The number of piperidine rings is 1. The Kier molecular flexibility index (Phi) is 3.56. The van der Waals surface area contributed by atoms with E-state index < -0.39 is 5.97 Å². The first-order chi connectivity index (χ1) is 5.79. The Morgan fingerprint density at radius 3 is 2.77 bits per heavy atom. The zero-order chi connectivity index (χ0) is 8.55. The van der Waals surface area contributed by atoms with Crippen molar-refractivity contribution >= 4 is 18.4 Å². The van der Waals surface area contributed by atoms with Gasteiger partial charge in [-0.1, -0.05) is 0 Å². The van der Waals surface area contributed by atoms with Gasteiger partial charge in [-0.25, -0.2) is 0 Å². The lowest BCUT2D eigenvalue weighted by molar-refractivity contribution is -0.143. The summed E-state index contributed by atoms with van der Waals surface area (Å²) < 4.78 is 0. The predicted molar refractivity (Wildman–Crippen MR) is 52.1 cm³/mol. The van der Waals surface area contributed by atoms with Crippen LogP contribution in [0.2, 0.25) is 0 Å². The highest BCUT2D eigenvalue weighted by Gasteiger charge is 2.40. The molecule has 0 aromatic rings. The molecule has 3 nitrogen and oxygen atoms in total. The number of nitrogens with one attached hydrogen (secondary N) is 1. The molecule has 3 unspecified atom stereocenters. The Labute approximate surface area is 84.3 Å². The van der Waals surface area contributed by atoms with Crippen molar-refractivity contribution in [1.29, 1.82) is 0 Å². The lowest BCUT2D eigenvalue weighted by atomic mass is 9.84. The van der Waals surface area contributed by atoms with Crippen LogP contribution in [0.5, 0.6) is 0 Å². The molecule has 1 aliphatic heterocycles. The van der Waals surface area contributed by atoms with Gasteiger partial charge in [-0.3, -0.25) is 4.79 Å². The molecule has 0 radical (unpaired) electrons. The number of carboxylic acid groups (broad SMARTS) is 1. The van der Waals surface area contributed by atoms with Crippen LogP contribution in [0.3, 0.4) is 0 Å². The van der Waals surface area contributed by atoms with Crippen molar-refractivity contribution in [2.24, 2.45) is 17.8 Å². The molecule has 0 aromatic heterocycles. The van der Waals surface area contributed by atoms with Gasteiger partial charge in [0, 0.05) is 0 Å². The maximum absolute atomic E-state index is 10.8. The van der Waals surface area contributed by atoms with Crippen molar-refractivity contribution < 1.29 is 9.90 Å². The first-order valence-electron chi connectivity index (χ1n) is 4.72. The van der Waals surface area contributed by atoms with Crippen LogP contribution in [-0.4, -0.2) is 24.2 Å². The van der Waals surface area contributed by atoms with Gasteiger partial charge in [0.05, 0.1) is 5.92 Å². The molecule has 2 aliphatic rings. The first-order valence-corrected chi connectivity index (χ1v) is 4.72. The number of hydrogen-bond acceptors (Lipinski definition) is 2. The molecular weight excluding hydrogens is 190 g/mol. The molecule has 1 saturated carbocycles. The normalized spacial score (nSPS) is 37.7. The fraction of sp³-hybridized carbons (Fsp3) is 0.889. The molecule has 1 heterocycles. The number of carboxylic acids is 1. The average molecular weight is 206 g/mol. The van der Waals surface area contributed by atoms with Crippen LogP contribution in [0.1, 0.15) is 19.3 Å². The van der Waals surface area contributed by atoms with Gasteiger partial charge in [0.2, 0.25) is 0 Å². The van der Waals surface area contributed by atoms with Gasteiger partial charge < -0.3 is 10.4 Å². The van der Waals surface area contributed by atoms with E-state index in [9.17, 15) is 4.79 Å². The summed E-state index contributed by atoms with van der Waals surface area (Å²) in [5, 5.41) is 12.3. The predicted octanol–water partition coefficient (Wildman–Crippen LogP) is 1.13. The zero-order valence-corrected chi connectivity index (χ0v) is 8.35. The van der Waals surface area contributed by atoms with E-state index in [2.05, 4.69) is 5.32 Å². The van der Waals surface area contributed by atoms with Crippen molar-refractivity contribution in [2.45, 2.75) is 19.3 Å². The van der Waals surface area contributed by atoms with E-state index in [0.717, 1.165) is 32.4 Å². The highest BCUT2D eigenvalue weighted by molar-refractivity contribution is 5.85. The monoisotopic (exact) mass is 205 g/mol. The van der Waals surface area contributed by atoms with Gasteiger partial charge in [0.25, 0.3) is 0 Å². The standard InChI is InChI=1S/C9H15NO2.ClH/c11-9(12)8-2-1-6-5-10-4-3-7(6)8;/h6-8,10H,1-5H2,(H,11,12);1H. The Morgan fingerprint density at radius 2 is 2.08 bits per heavy atom. The Bertz CT molecular complexity index is 198. The SMILES string of the molecule is Cl.O=C(O)C1CCC2CNCCC21. The van der Waals surface area contributed by atoms with E-state index in [0.29, 0.717) is 11.8 Å². The maximum Gasteiger partial charge on any atom is 0.306 e. The van der Waals surface area contributed by atoms with E-state index in [1.165, 1.54) is 0 Å². The summed E-state index contributed by atoms with van der Waals surface area (Å²) in [6.45, 7) is 2.04. The Hall–Kier alpha value is -0.280. The van der Waals surface area contributed by atoms with E-state index in [1.807, 2.05) is 0 Å². The third-order valence-corrected chi connectivity index (χ3v) is 3.35. The molecular formula is C9H16ClNO2. The van der Waals surface area contributed by atoms with Crippen molar-refractivity contribution in [1.82, 2.24) is 5.32 Å². The molecule has 2 rings (SSSR count). The minimum absolute atomic E-state index is 0. The summed E-state index contributed by atoms with van der Waals surface area (Å²) in [5.74, 6) is 0.477. The first kappa shape index (κ1) is 10.8. The number of aliphatic carboxylic acids is 1. The van der Waals surface area contributed by atoms with Crippen molar-refractivity contribution in [3.05, 3.63) is 0 Å². The highest BCUT2D eigenvalue weighted by Crippen LogP contribution is 2.40. The third-order valence-electron chi connectivity index (χ3n) is 3.35. The van der Waals surface area contributed by atoms with Gasteiger partial charge in [-0.15, -0.1) is 12.4 Å². The van der Waals surface area contributed by atoms with E-state index in [-0.39, 0.29) is 18.3 Å². The molecule has 4 heteroatoms. The molecule has 0 bridgehead atoms. The molecule has 0 spiro atoms. The molecule has 2 N–H and O–H groups in total. The average Bonchev–Trinajstić information content (AvgIpc) is 2.47. The van der Waals surface area contributed by atoms with Gasteiger partial charge in [0.1, 0.15) is 0 Å². The quantitative estimate of drug-likeness (QED) is 0.675. The number of rotatable bonds is 1. The fourth-order valence-electron chi connectivity index (χ4n) is 2.70. The fourth-order valence-corrected chi connectivity index (χ4v) is 2.70. The van der Waals surface area contributed by atoms with Crippen LogP contribution in [0.15, 0.2) is 0 Å². The van der Waals surface area contributed by atoms with Gasteiger partial charge in [0.15, 0.2) is 0 Å². The van der Waals surface area contributed by atoms with Gasteiger partial charge in [-0.05, 0) is 44.2 Å². The van der Waals surface area contributed by atoms with Crippen LogP contribution in [-0.2, 0) is 4.79 Å². The lowest BCUT2D eigenvalue weighted by Gasteiger charge is -2.28. The second kappa shape index (κ2) is 4.29. The summed E-state index contributed by atoms with van der Waals surface area (Å²) in [6.07, 6.45) is 3.06. The smallest absolute Gasteiger partial charge is 0.306 e. The second-order valence-corrected chi connectivity index (χ2v) is 3.94. The number of fused-ring (bicyclic) bond motifs is 1. The van der Waals surface area contributed by atoms with Crippen molar-refractivity contribution in [2.75, 3.05) is 13.1 Å². The molecule has 13 heavy (non-hydrogen) atoms. The maximum atomic E-state index is 10.8. The Morgan fingerprint density at radius 1 is 1.31 bits per heavy atom. The van der Waals surface area contributed by atoms with E-state index in [1.54, 1.807) is 0 Å².